The van der Waals surface area contributed by atoms with Crippen LogP contribution in [0.1, 0.15) is 17.5 Å². The molecule has 92 valence electrons. The molecule has 1 aromatic heterocycles. The normalized spacial score (nSPS) is 20.5. The van der Waals surface area contributed by atoms with Gasteiger partial charge in [-0.3, -0.25) is 0 Å². The molecule has 6 nitrogen and oxygen atoms in total. The lowest BCUT2D eigenvalue weighted by atomic mass is 10.1. The Bertz CT molecular complexity index is 428. The van der Waals surface area contributed by atoms with Gasteiger partial charge in [-0.1, -0.05) is 5.16 Å². The van der Waals surface area contributed by atoms with Crippen LogP contribution in [-0.4, -0.2) is 35.3 Å². The molecule has 0 amide bonds. The number of aryl methyl sites for hydroxylation is 1. The molecule has 1 aliphatic heterocycles. The minimum atomic E-state index is -0.0189. The number of aromatic nitrogens is 1. The molecule has 1 fully saturated rings. The standard InChI is InChI=1S/C11H15N3O3/c1-7-2-4-13-11(9(7)10(12)14-15)17-8-3-5-16-6-8/h2,4,8,15H,3,5-6H2,1H3,(H2,12,14). The first-order valence-corrected chi connectivity index (χ1v) is 5.40. The summed E-state index contributed by atoms with van der Waals surface area (Å²) in [5.74, 6) is 0.389. The predicted molar refractivity (Wildman–Crippen MR) is 61.3 cm³/mol. The van der Waals surface area contributed by atoms with Crippen LogP contribution in [0.15, 0.2) is 17.4 Å². The lowest BCUT2D eigenvalue weighted by Crippen LogP contribution is -2.22. The number of hydrogen-bond donors (Lipinski definition) is 2. The van der Waals surface area contributed by atoms with Crippen LogP contribution in [0.5, 0.6) is 5.88 Å². The molecule has 0 radical (unpaired) electrons. The van der Waals surface area contributed by atoms with E-state index in [1.54, 1.807) is 12.3 Å². The summed E-state index contributed by atoms with van der Waals surface area (Å²) < 4.78 is 10.9. The van der Waals surface area contributed by atoms with Gasteiger partial charge in [-0.2, -0.15) is 0 Å². The Kier molecular flexibility index (Phi) is 3.43. The van der Waals surface area contributed by atoms with Crippen molar-refractivity contribution in [3.8, 4) is 5.88 Å². The first-order chi connectivity index (χ1) is 8.22. The number of nitrogens with two attached hydrogens (primary N) is 1. The third-order valence-corrected chi connectivity index (χ3v) is 2.65. The minimum Gasteiger partial charge on any atom is -0.471 e. The topological polar surface area (TPSA) is 90.0 Å². The molecular weight excluding hydrogens is 222 g/mol. The second-order valence-corrected chi connectivity index (χ2v) is 3.90. The summed E-state index contributed by atoms with van der Waals surface area (Å²) in [6.07, 6.45) is 2.44. The number of nitrogens with zero attached hydrogens (tertiary/aromatic N) is 2. The maximum absolute atomic E-state index is 8.75. The molecule has 0 aliphatic carbocycles. The minimum absolute atomic E-state index is 0.00418. The van der Waals surface area contributed by atoms with Crippen LogP contribution in [-0.2, 0) is 4.74 Å². The van der Waals surface area contributed by atoms with Gasteiger partial charge in [0.05, 0.1) is 18.8 Å². The van der Waals surface area contributed by atoms with Crippen molar-refractivity contribution >= 4 is 5.84 Å². The Labute approximate surface area is 99.0 Å². The largest absolute Gasteiger partial charge is 0.471 e. The van der Waals surface area contributed by atoms with Crippen LogP contribution >= 0.6 is 0 Å². The molecule has 6 heteroatoms. The first kappa shape index (κ1) is 11.7. The summed E-state index contributed by atoms with van der Waals surface area (Å²) in [6.45, 7) is 3.09. The van der Waals surface area contributed by atoms with E-state index in [1.165, 1.54) is 0 Å². The molecule has 1 aromatic rings. The van der Waals surface area contributed by atoms with Gasteiger partial charge in [0.1, 0.15) is 6.10 Å². The molecule has 0 aromatic carbocycles. The Morgan fingerprint density at radius 2 is 2.53 bits per heavy atom. The van der Waals surface area contributed by atoms with Crippen LogP contribution in [0.25, 0.3) is 0 Å². The van der Waals surface area contributed by atoms with Gasteiger partial charge in [0, 0.05) is 12.6 Å². The van der Waals surface area contributed by atoms with Crippen LogP contribution in [0.4, 0.5) is 0 Å². The number of amidine groups is 1. The third-order valence-electron chi connectivity index (χ3n) is 2.65. The highest BCUT2D eigenvalue weighted by molar-refractivity contribution is 6.00. The van der Waals surface area contributed by atoms with Crippen molar-refractivity contribution in [2.24, 2.45) is 10.9 Å². The maximum atomic E-state index is 8.75. The molecule has 0 bridgehead atoms. The number of hydrogen-bond acceptors (Lipinski definition) is 5. The van der Waals surface area contributed by atoms with Gasteiger partial charge >= 0.3 is 0 Å². The lowest BCUT2D eigenvalue weighted by molar-refractivity contribution is 0.138. The lowest BCUT2D eigenvalue weighted by Gasteiger charge is -2.15. The zero-order valence-electron chi connectivity index (χ0n) is 9.59. The van der Waals surface area contributed by atoms with Crippen LogP contribution < -0.4 is 10.5 Å². The van der Waals surface area contributed by atoms with Gasteiger partial charge in [-0.15, -0.1) is 0 Å². The molecule has 1 atom stereocenters. The molecule has 0 saturated carbocycles. The van der Waals surface area contributed by atoms with Crippen molar-refractivity contribution in [3.05, 3.63) is 23.4 Å². The average molecular weight is 237 g/mol. The van der Waals surface area contributed by atoms with E-state index in [0.29, 0.717) is 24.7 Å². The first-order valence-electron chi connectivity index (χ1n) is 5.40. The highest BCUT2D eigenvalue weighted by Gasteiger charge is 2.21. The molecule has 1 aliphatic rings. The Hall–Kier alpha value is -1.82. The van der Waals surface area contributed by atoms with Crippen molar-refractivity contribution in [2.75, 3.05) is 13.2 Å². The van der Waals surface area contributed by atoms with E-state index >= 15 is 0 Å². The predicted octanol–water partition coefficient (Wildman–Crippen LogP) is 0.652. The molecule has 2 heterocycles. The zero-order chi connectivity index (χ0) is 12.3. The summed E-state index contributed by atoms with van der Waals surface area (Å²) in [6, 6.07) is 1.78. The van der Waals surface area contributed by atoms with Crippen molar-refractivity contribution in [1.82, 2.24) is 4.98 Å². The van der Waals surface area contributed by atoms with E-state index in [4.69, 9.17) is 20.4 Å². The monoisotopic (exact) mass is 237 g/mol. The molecule has 3 N–H and O–H groups in total. The van der Waals surface area contributed by atoms with Crippen molar-refractivity contribution in [2.45, 2.75) is 19.4 Å². The Balaban J connectivity index is 2.29. The van der Waals surface area contributed by atoms with E-state index in [1.807, 2.05) is 6.92 Å². The number of pyridine rings is 1. The van der Waals surface area contributed by atoms with Crippen molar-refractivity contribution in [3.63, 3.8) is 0 Å². The van der Waals surface area contributed by atoms with Gasteiger partial charge in [0.2, 0.25) is 5.88 Å². The van der Waals surface area contributed by atoms with Gasteiger partial charge in [0.25, 0.3) is 0 Å². The highest BCUT2D eigenvalue weighted by atomic mass is 16.5. The fourth-order valence-corrected chi connectivity index (χ4v) is 1.75. The highest BCUT2D eigenvalue weighted by Crippen LogP contribution is 2.22. The molecule has 2 rings (SSSR count). The number of ether oxygens (including phenoxy) is 2. The summed E-state index contributed by atoms with van der Waals surface area (Å²) in [5.41, 5.74) is 7.00. The van der Waals surface area contributed by atoms with E-state index in [9.17, 15) is 0 Å². The van der Waals surface area contributed by atoms with E-state index in [2.05, 4.69) is 10.1 Å². The Morgan fingerprint density at radius 3 is 3.18 bits per heavy atom. The van der Waals surface area contributed by atoms with Crippen molar-refractivity contribution < 1.29 is 14.7 Å². The van der Waals surface area contributed by atoms with Crippen molar-refractivity contribution in [1.29, 1.82) is 0 Å². The van der Waals surface area contributed by atoms with Gasteiger partial charge in [-0.25, -0.2) is 4.98 Å². The van der Waals surface area contributed by atoms with E-state index in [-0.39, 0.29) is 11.9 Å². The second kappa shape index (κ2) is 5.01. The SMILES string of the molecule is Cc1ccnc(OC2CCOC2)c1/C(N)=N/O. The molecule has 17 heavy (non-hydrogen) atoms. The smallest absolute Gasteiger partial charge is 0.225 e. The van der Waals surface area contributed by atoms with E-state index < -0.39 is 0 Å². The quantitative estimate of drug-likeness (QED) is 0.349. The second-order valence-electron chi connectivity index (χ2n) is 3.90. The molecule has 1 unspecified atom stereocenters. The summed E-state index contributed by atoms with van der Waals surface area (Å²) in [7, 11) is 0. The van der Waals surface area contributed by atoms with Gasteiger partial charge in [-0.05, 0) is 18.6 Å². The Morgan fingerprint density at radius 1 is 1.71 bits per heavy atom. The summed E-state index contributed by atoms with van der Waals surface area (Å²) in [4.78, 5) is 4.12. The number of oxime groups is 1. The van der Waals surface area contributed by atoms with Crippen LogP contribution in [0.2, 0.25) is 0 Å². The molecule has 1 saturated heterocycles. The van der Waals surface area contributed by atoms with Gasteiger partial charge in [0.15, 0.2) is 5.84 Å². The van der Waals surface area contributed by atoms with Crippen LogP contribution in [0.3, 0.4) is 0 Å². The molecule has 0 spiro atoms. The van der Waals surface area contributed by atoms with E-state index in [0.717, 1.165) is 12.0 Å². The van der Waals surface area contributed by atoms with Crippen LogP contribution in [0, 0.1) is 6.92 Å². The third kappa shape index (κ3) is 2.47. The fraction of sp³-hybridized carbons (Fsp3) is 0.455. The van der Waals surface area contributed by atoms with Gasteiger partial charge < -0.3 is 20.4 Å². The maximum Gasteiger partial charge on any atom is 0.225 e. The zero-order valence-corrected chi connectivity index (χ0v) is 9.59. The average Bonchev–Trinajstić information content (AvgIpc) is 2.81. The number of rotatable bonds is 3. The molecular formula is C11H15N3O3. The summed E-state index contributed by atoms with van der Waals surface area (Å²) in [5, 5.41) is 11.8. The fourth-order valence-electron chi connectivity index (χ4n) is 1.75. The summed E-state index contributed by atoms with van der Waals surface area (Å²) >= 11 is 0.